The minimum absolute atomic E-state index is 0.258. The highest BCUT2D eigenvalue weighted by atomic mass is 16.5. The van der Waals surface area contributed by atoms with E-state index in [2.05, 4.69) is 5.32 Å². The van der Waals surface area contributed by atoms with Crippen LogP contribution < -0.4 is 5.32 Å². The van der Waals surface area contributed by atoms with Gasteiger partial charge in [0.1, 0.15) is 0 Å². The van der Waals surface area contributed by atoms with Gasteiger partial charge in [-0.3, -0.25) is 0 Å². The maximum absolute atomic E-state index is 9.35. The summed E-state index contributed by atoms with van der Waals surface area (Å²) >= 11 is 0. The van der Waals surface area contributed by atoms with Gasteiger partial charge in [-0.2, -0.15) is 0 Å². The number of phenolic OH excluding ortho intramolecular Hbond substituents is 2. The first-order valence-corrected chi connectivity index (χ1v) is 4.18. The third-order valence-corrected chi connectivity index (χ3v) is 1.90. The summed E-state index contributed by atoms with van der Waals surface area (Å²) in [7, 11) is -0.856. The predicted molar refractivity (Wildman–Crippen MR) is 53.4 cm³/mol. The number of nitrogens with one attached hydrogen (secondary N) is 1. The summed E-state index contributed by atoms with van der Waals surface area (Å²) < 4.78 is 26.1. The second kappa shape index (κ2) is 4.83. The van der Waals surface area contributed by atoms with Gasteiger partial charge in [-0.05, 0) is 24.7 Å². The molecule has 0 aliphatic heterocycles. The number of benzene rings is 1. The Bertz CT molecular complexity index is 382. The van der Waals surface area contributed by atoms with Crippen LogP contribution in [0.4, 0.5) is 0 Å². The number of likely N-dealkylation sites (N-methyl/N-ethyl adjacent to an activating group) is 1. The van der Waals surface area contributed by atoms with Crippen LogP contribution in [0.15, 0.2) is 18.2 Å². The molecule has 0 aliphatic rings. The van der Waals surface area contributed by atoms with Crippen LogP contribution in [-0.2, 0) is 4.74 Å². The van der Waals surface area contributed by atoms with Gasteiger partial charge in [0, 0.05) is 13.6 Å². The molecule has 1 rings (SSSR count). The number of methoxy groups -OCH3 is 1. The van der Waals surface area contributed by atoms with E-state index in [1.54, 1.807) is 7.05 Å². The largest absolute Gasteiger partial charge is 0.504 e. The van der Waals surface area contributed by atoms with Crippen molar-refractivity contribution in [2.75, 3.05) is 20.6 Å². The lowest BCUT2D eigenvalue weighted by Gasteiger charge is -2.15. The summed E-state index contributed by atoms with van der Waals surface area (Å²) in [5.74, 6) is -0.566. The lowest BCUT2D eigenvalue weighted by Crippen LogP contribution is -2.18. The molecular weight excluding hydrogens is 182 g/mol. The smallest absolute Gasteiger partial charge is 0.157 e. The molecule has 0 aromatic heterocycles. The molecule has 0 radical (unpaired) electrons. The molecule has 0 saturated carbocycles. The molecule has 0 aliphatic carbocycles. The van der Waals surface area contributed by atoms with E-state index >= 15 is 0 Å². The third-order valence-electron chi connectivity index (χ3n) is 1.90. The number of hydrogen-bond acceptors (Lipinski definition) is 4. The quantitative estimate of drug-likeness (QED) is 0.635. The zero-order chi connectivity index (χ0) is 13.1. The molecule has 14 heavy (non-hydrogen) atoms. The molecule has 4 heteroatoms. The zero-order valence-corrected chi connectivity index (χ0v) is 7.82. The summed E-state index contributed by atoms with van der Waals surface area (Å²) in [5, 5.41) is 21.3. The monoisotopic (exact) mass is 200 g/mol. The highest BCUT2D eigenvalue weighted by Crippen LogP contribution is 2.28. The molecular formula is C10H15NO3. The van der Waals surface area contributed by atoms with Crippen molar-refractivity contribution in [3.63, 3.8) is 0 Å². The van der Waals surface area contributed by atoms with Crippen LogP contribution in [0.25, 0.3) is 0 Å². The van der Waals surface area contributed by atoms with Gasteiger partial charge in [0.05, 0.1) is 10.2 Å². The van der Waals surface area contributed by atoms with E-state index in [4.69, 9.17) is 8.85 Å². The molecule has 3 N–H and O–H groups in total. The molecule has 0 amide bonds. The van der Waals surface area contributed by atoms with Crippen LogP contribution in [0.2, 0.25) is 0 Å². The van der Waals surface area contributed by atoms with Crippen molar-refractivity contribution in [2.45, 2.75) is 6.10 Å². The lowest BCUT2D eigenvalue weighted by atomic mass is 10.1. The third kappa shape index (κ3) is 2.37. The second-order valence-corrected chi connectivity index (χ2v) is 2.91. The summed E-state index contributed by atoms with van der Waals surface area (Å²) in [6.45, 7) is 0.280. The molecule has 1 unspecified atom stereocenters. The van der Waals surface area contributed by atoms with Gasteiger partial charge in [-0.1, -0.05) is 6.07 Å². The topological polar surface area (TPSA) is 61.7 Å². The summed E-state index contributed by atoms with van der Waals surface area (Å²) in [6, 6.07) is 4.07. The molecule has 0 bridgehead atoms. The van der Waals surface area contributed by atoms with Crippen LogP contribution in [0, 0.1) is 0 Å². The van der Waals surface area contributed by atoms with E-state index in [0.29, 0.717) is 5.56 Å². The summed E-state index contributed by atoms with van der Waals surface area (Å²) in [6.07, 6.45) is -0.723. The minimum Gasteiger partial charge on any atom is -0.504 e. The Hall–Kier alpha value is -1.26. The van der Waals surface area contributed by atoms with Gasteiger partial charge >= 0.3 is 0 Å². The van der Waals surface area contributed by atoms with E-state index < -0.39 is 13.1 Å². The van der Waals surface area contributed by atoms with Crippen molar-refractivity contribution in [2.24, 2.45) is 0 Å². The van der Waals surface area contributed by atoms with Crippen molar-refractivity contribution < 1.29 is 19.1 Å². The van der Waals surface area contributed by atoms with E-state index in [0.717, 1.165) is 0 Å². The van der Waals surface area contributed by atoms with E-state index in [1.807, 2.05) is 0 Å². The highest BCUT2D eigenvalue weighted by Gasteiger charge is 2.11. The van der Waals surface area contributed by atoms with E-state index in [1.165, 1.54) is 18.2 Å². The Morgan fingerprint density at radius 3 is 2.86 bits per heavy atom. The molecule has 4 nitrogen and oxygen atoms in total. The highest BCUT2D eigenvalue weighted by molar-refractivity contribution is 5.41. The number of hydrogen-bond donors (Lipinski definition) is 3. The average molecular weight is 200 g/mol. The number of aromatic hydroxyl groups is 2. The molecule has 78 valence electrons. The van der Waals surface area contributed by atoms with Crippen molar-refractivity contribution in [1.82, 2.24) is 5.32 Å². The fraction of sp³-hybridized carbons (Fsp3) is 0.400. The van der Waals surface area contributed by atoms with Gasteiger partial charge in [0.2, 0.25) is 0 Å². The normalized spacial score (nSPS) is 16.8. The fourth-order valence-corrected chi connectivity index (χ4v) is 1.15. The van der Waals surface area contributed by atoms with Crippen molar-refractivity contribution >= 4 is 0 Å². The summed E-state index contributed by atoms with van der Waals surface area (Å²) in [5.41, 5.74) is 0.478. The molecule has 1 aromatic rings. The number of rotatable bonds is 4. The number of phenols is 2. The van der Waals surface area contributed by atoms with Gasteiger partial charge in [-0.15, -0.1) is 0 Å². The molecule has 0 fully saturated rings. The maximum atomic E-state index is 9.35. The van der Waals surface area contributed by atoms with Gasteiger partial charge in [0.15, 0.2) is 11.5 Å². The minimum atomic E-state index is -2.52. The average Bonchev–Trinajstić information content (AvgIpc) is 2.19. The standard InChI is InChI=1S/C10H15NO3/c1-11-6-10(14-2)7-3-4-8(12)9(13)5-7/h3-5,10-13H,6H2,1-2H3/i2D3. The zero-order valence-electron chi connectivity index (χ0n) is 10.8. The van der Waals surface area contributed by atoms with Crippen LogP contribution in [0.1, 0.15) is 15.8 Å². The SMILES string of the molecule is [2H]C([2H])([2H])OC(CNC)c1ccc(O)c(O)c1. The first-order chi connectivity index (χ1) is 7.83. The number of ether oxygens (including phenoxy) is 1. The first kappa shape index (κ1) is 7.09. The molecule has 1 aromatic carbocycles. The fourth-order valence-electron chi connectivity index (χ4n) is 1.15. The lowest BCUT2D eigenvalue weighted by molar-refractivity contribution is 0.104. The van der Waals surface area contributed by atoms with Crippen molar-refractivity contribution in [1.29, 1.82) is 0 Å². The van der Waals surface area contributed by atoms with Crippen LogP contribution in [-0.4, -0.2) is 30.8 Å². The van der Waals surface area contributed by atoms with Crippen molar-refractivity contribution in [3.8, 4) is 11.5 Å². The predicted octanol–water partition coefficient (Wildman–Crippen LogP) is 1.00. The van der Waals surface area contributed by atoms with E-state index in [9.17, 15) is 10.2 Å². The van der Waals surface area contributed by atoms with Gasteiger partial charge < -0.3 is 20.3 Å². The molecule has 0 saturated heterocycles. The van der Waals surface area contributed by atoms with Gasteiger partial charge in [-0.25, -0.2) is 0 Å². The van der Waals surface area contributed by atoms with Crippen LogP contribution >= 0.6 is 0 Å². The molecule has 1 atom stereocenters. The first-order valence-electron chi connectivity index (χ1n) is 5.68. The Morgan fingerprint density at radius 2 is 2.29 bits per heavy atom. The van der Waals surface area contributed by atoms with Gasteiger partial charge in [0.25, 0.3) is 0 Å². The summed E-state index contributed by atoms with van der Waals surface area (Å²) in [4.78, 5) is 0. The van der Waals surface area contributed by atoms with Crippen LogP contribution in [0.5, 0.6) is 11.5 Å². The Morgan fingerprint density at radius 1 is 1.50 bits per heavy atom. The van der Waals surface area contributed by atoms with E-state index in [-0.39, 0.29) is 18.0 Å². The Balaban J connectivity index is 2.93. The Labute approximate surface area is 87.4 Å². The Kier molecular flexibility index (Phi) is 2.45. The van der Waals surface area contributed by atoms with Crippen molar-refractivity contribution in [3.05, 3.63) is 23.8 Å². The maximum Gasteiger partial charge on any atom is 0.157 e. The molecule has 0 spiro atoms. The van der Waals surface area contributed by atoms with Crippen LogP contribution in [0.3, 0.4) is 0 Å². The molecule has 0 heterocycles. The second-order valence-electron chi connectivity index (χ2n) is 2.91.